The Morgan fingerprint density at radius 2 is 1.62 bits per heavy atom. The van der Waals surface area contributed by atoms with Gasteiger partial charge in [0, 0.05) is 16.3 Å². The standard InChI is InChI=1S/C24H18ClNO3/c1-15-10-12-16(13-11-15)21-20(22(27)17-6-3-2-4-7-17)23(28)24(29)26(21)19-9-5-8-18(25)14-19/h2-14,21,27H,1H3/t21-/m0/s1. The molecule has 1 saturated heterocycles. The van der Waals surface area contributed by atoms with Crippen LogP contribution < -0.4 is 4.90 Å². The number of nitrogens with zero attached hydrogens (tertiary/aromatic N) is 1. The number of Topliss-reactive ketones (excluding diaryl/α,β-unsaturated/α-hetero) is 1. The van der Waals surface area contributed by atoms with Gasteiger partial charge in [-0.25, -0.2) is 0 Å². The van der Waals surface area contributed by atoms with Crippen LogP contribution in [-0.2, 0) is 9.59 Å². The van der Waals surface area contributed by atoms with Gasteiger partial charge in [-0.1, -0.05) is 77.8 Å². The van der Waals surface area contributed by atoms with E-state index in [0.29, 0.717) is 16.3 Å². The second kappa shape index (κ2) is 7.57. The maximum atomic E-state index is 13.0. The van der Waals surface area contributed by atoms with Crippen molar-refractivity contribution in [2.45, 2.75) is 13.0 Å². The van der Waals surface area contributed by atoms with Crippen molar-refractivity contribution in [3.63, 3.8) is 0 Å². The summed E-state index contributed by atoms with van der Waals surface area (Å²) in [5, 5.41) is 11.4. The minimum atomic E-state index is -0.755. The van der Waals surface area contributed by atoms with Crippen LogP contribution in [0.5, 0.6) is 0 Å². The maximum Gasteiger partial charge on any atom is 0.300 e. The van der Waals surface area contributed by atoms with Gasteiger partial charge in [0.15, 0.2) is 0 Å². The predicted octanol–water partition coefficient (Wildman–Crippen LogP) is 5.27. The van der Waals surface area contributed by atoms with Gasteiger partial charge in [0.25, 0.3) is 11.7 Å². The third kappa shape index (κ3) is 3.43. The smallest absolute Gasteiger partial charge is 0.300 e. The average Bonchev–Trinajstić information content (AvgIpc) is 2.99. The number of aliphatic hydroxyl groups is 1. The van der Waals surface area contributed by atoms with Gasteiger partial charge in [-0.3, -0.25) is 14.5 Å². The molecular weight excluding hydrogens is 386 g/mol. The summed E-state index contributed by atoms with van der Waals surface area (Å²) in [7, 11) is 0. The van der Waals surface area contributed by atoms with Crippen LogP contribution >= 0.6 is 11.6 Å². The Hall–Kier alpha value is -3.37. The van der Waals surface area contributed by atoms with E-state index in [-0.39, 0.29) is 11.3 Å². The number of rotatable bonds is 3. The average molecular weight is 404 g/mol. The molecule has 0 radical (unpaired) electrons. The first-order valence-corrected chi connectivity index (χ1v) is 9.53. The van der Waals surface area contributed by atoms with E-state index in [9.17, 15) is 14.7 Å². The molecule has 29 heavy (non-hydrogen) atoms. The Kier molecular flexibility index (Phi) is 4.95. The van der Waals surface area contributed by atoms with E-state index in [0.717, 1.165) is 11.1 Å². The summed E-state index contributed by atoms with van der Waals surface area (Å²) in [6.45, 7) is 1.96. The Morgan fingerprint density at radius 3 is 2.28 bits per heavy atom. The number of ketones is 1. The topological polar surface area (TPSA) is 57.6 Å². The van der Waals surface area contributed by atoms with Crippen molar-refractivity contribution in [3.8, 4) is 0 Å². The molecule has 1 amide bonds. The molecule has 3 aromatic carbocycles. The maximum absolute atomic E-state index is 13.0. The lowest BCUT2D eigenvalue weighted by Gasteiger charge is -2.25. The first-order valence-electron chi connectivity index (χ1n) is 9.16. The summed E-state index contributed by atoms with van der Waals surface area (Å²) in [5.41, 5.74) is 2.82. The molecule has 0 bridgehead atoms. The molecule has 1 aliphatic heterocycles. The molecule has 0 aliphatic carbocycles. The number of aryl methyl sites for hydroxylation is 1. The summed E-state index contributed by atoms with van der Waals surface area (Å²) in [4.78, 5) is 27.4. The normalized spacial score (nSPS) is 18.3. The third-order valence-electron chi connectivity index (χ3n) is 4.97. The lowest BCUT2D eigenvalue weighted by Crippen LogP contribution is -2.29. The van der Waals surface area contributed by atoms with E-state index < -0.39 is 17.7 Å². The van der Waals surface area contributed by atoms with Crippen molar-refractivity contribution < 1.29 is 14.7 Å². The second-order valence-electron chi connectivity index (χ2n) is 6.93. The van der Waals surface area contributed by atoms with Crippen molar-refractivity contribution in [1.29, 1.82) is 0 Å². The van der Waals surface area contributed by atoms with Crippen LogP contribution in [0.15, 0.2) is 84.4 Å². The molecule has 1 atom stereocenters. The first-order chi connectivity index (χ1) is 14.0. The van der Waals surface area contributed by atoms with E-state index in [1.807, 2.05) is 37.3 Å². The van der Waals surface area contributed by atoms with Crippen molar-refractivity contribution in [3.05, 3.63) is 106 Å². The fourth-order valence-corrected chi connectivity index (χ4v) is 3.73. The van der Waals surface area contributed by atoms with Crippen LogP contribution in [0, 0.1) is 6.92 Å². The van der Waals surface area contributed by atoms with Crippen LogP contribution in [0.3, 0.4) is 0 Å². The predicted molar refractivity (Wildman–Crippen MR) is 114 cm³/mol. The Morgan fingerprint density at radius 1 is 0.931 bits per heavy atom. The van der Waals surface area contributed by atoms with Gasteiger partial charge in [0.2, 0.25) is 0 Å². The van der Waals surface area contributed by atoms with E-state index in [2.05, 4.69) is 0 Å². The fourth-order valence-electron chi connectivity index (χ4n) is 3.54. The molecule has 0 aromatic heterocycles. The van der Waals surface area contributed by atoms with Crippen molar-refractivity contribution >= 4 is 34.7 Å². The molecule has 4 rings (SSSR count). The highest BCUT2D eigenvalue weighted by atomic mass is 35.5. The zero-order chi connectivity index (χ0) is 20.5. The highest BCUT2D eigenvalue weighted by Gasteiger charge is 2.46. The highest BCUT2D eigenvalue weighted by molar-refractivity contribution is 6.51. The summed E-state index contributed by atoms with van der Waals surface area (Å²) < 4.78 is 0. The molecule has 3 aromatic rings. The minimum Gasteiger partial charge on any atom is -0.507 e. The van der Waals surface area contributed by atoms with Gasteiger partial charge in [0.05, 0.1) is 11.6 Å². The van der Waals surface area contributed by atoms with Crippen molar-refractivity contribution in [2.24, 2.45) is 0 Å². The van der Waals surface area contributed by atoms with E-state index in [1.54, 1.807) is 48.5 Å². The van der Waals surface area contributed by atoms with E-state index in [1.165, 1.54) is 4.90 Å². The SMILES string of the molecule is Cc1ccc([C@H]2C(=C(O)c3ccccc3)C(=O)C(=O)N2c2cccc(Cl)c2)cc1. The zero-order valence-electron chi connectivity index (χ0n) is 15.7. The molecule has 4 nitrogen and oxygen atoms in total. The van der Waals surface area contributed by atoms with E-state index in [4.69, 9.17) is 11.6 Å². The number of aliphatic hydroxyl groups excluding tert-OH is 1. The summed E-state index contributed by atoms with van der Waals surface area (Å²) in [6.07, 6.45) is 0. The number of benzene rings is 3. The summed E-state index contributed by atoms with van der Waals surface area (Å²) in [6, 6.07) is 22.3. The Labute approximate surface area is 173 Å². The molecule has 5 heteroatoms. The van der Waals surface area contributed by atoms with Crippen LogP contribution in [0.4, 0.5) is 5.69 Å². The molecule has 1 aliphatic rings. The third-order valence-corrected chi connectivity index (χ3v) is 5.21. The fraction of sp³-hybridized carbons (Fsp3) is 0.0833. The van der Waals surface area contributed by atoms with Crippen LogP contribution in [-0.4, -0.2) is 16.8 Å². The highest BCUT2D eigenvalue weighted by Crippen LogP contribution is 2.42. The quantitative estimate of drug-likeness (QED) is 0.368. The van der Waals surface area contributed by atoms with Gasteiger partial charge in [-0.05, 0) is 30.7 Å². The number of carbonyl (C=O) groups excluding carboxylic acids is 2. The number of amides is 1. The molecule has 1 heterocycles. The number of halogens is 1. The van der Waals surface area contributed by atoms with Gasteiger partial charge >= 0.3 is 0 Å². The van der Waals surface area contributed by atoms with Crippen LogP contribution in [0.2, 0.25) is 5.02 Å². The number of hydrogen-bond acceptors (Lipinski definition) is 3. The van der Waals surface area contributed by atoms with Gasteiger partial charge < -0.3 is 5.11 Å². The van der Waals surface area contributed by atoms with Crippen molar-refractivity contribution in [1.82, 2.24) is 0 Å². The monoisotopic (exact) mass is 403 g/mol. The minimum absolute atomic E-state index is 0.0602. The molecule has 0 unspecified atom stereocenters. The molecule has 144 valence electrons. The molecular formula is C24H18ClNO3. The van der Waals surface area contributed by atoms with Gasteiger partial charge in [-0.2, -0.15) is 0 Å². The van der Waals surface area contributed by atoms with Gasteiger partial charge in [-0.15, -0.1) is 0 Å². The van der Waals surface area contributed by atoms with Crippen LogP contribution in [0.1, 0.15) is 22.7 Å². The molecule has 1 fully saturated rings. The van der Waals surface area contributed by atoms with Gasteiger partial charge in [0.1, 0.15) is 5.76 Å². The number of carbonyl (C=O) groups is 2. The second-order valence-corrected chi connectivity index (χ2v) is 7.36. The summed E-state index contributed by atoms with van der Waals surface area (Å²) >= 11 is 6.13. The van der Waals surface area contributed by atoms with E-state index >= 15 is 0 Å². The number of anilines is 1. The van der Waals surface area contributed by atoms with Crippen molar-refractivity contribution in [2.75, 3.05) is 4.90 Å². The van der Waals surface area contributed by atoms with Crippen LogP contribution in [0.25, 0.3) is 5.76 Å². The largest absolute Gasteiger partial charge is 0.507 e. The molecule has 1 N–H and O–H groups in total. The summed E-state index contributed by atoms with van der Waals surface area (Å²) in [5.74, 6) is -1.62. The molecule has 0 spiro atoms. The molecule has 0 saturated carbocycles. The Bertz CT molecular complexity index is 1120. The lowest BCUT2D eigenvalue weighted by atomic mass is 9.94. The first kappa shape index (κ1) is 19.0. The lowest BCUT2D eigenvalue weighted by molar-refractivity contribution is -0.132. The zero-order valence-corrected chi connectivity index (χ0v) is 16.4. The number of hydrogen-bond donors (Lipinski definition) is 1. The Balaban J connectivity index is 1.96.